The van der Waals surface area contributed by atoms with E-state index in [-0.39, 0.29) is 5.91 Å². The molecule has 2 heterocycles. The van der Waals surface area contributed by atoms with E-state index in [1.54, 1.807) is 23.5 Å². The maximum Gasteiger partial charge on any atom is 0.250 e. The summed E-state index contributed by atoms with van der Waals surface area (Å²) in [4.78, 5) is 21.1. The van der Waals surface area contributed by atoms with Gasteiger partial charge in [-0.05, 0) is 36.8 Å². The molecule has 0 fully saturated rings. The summed E-state index contributed by atoms with van der Waals surface area (Å²) in [6, 6.07) is 11.3. The number of amides is 1. The van der Waals surface area contributed by atoms with Gasteiger partial charge in [0.05, 0.1) is 25.4 Å². The summed E-state index contributed by atoms with van der Waals surface area (Å²) < 4.78 is 2.16. The lowest BCUT2D eigenvalue weighted by Crippen LogP contribution is -2.07. The van der Waals surface area contributed by atoms with Crippen LogP contribution in [-0.4, -0.2) is 15.9 Å². The van der Waals surface area contributed by atoms with Crippen molar-refractivity contribution in [3.8, 4) is 0 Å². The Labute approximate surface area is 156 Å². The molecule has 0 saturated carbocycles. The zero-order chi connectivity index (χ0) is 17.4. The molecule has 0 radical (unpaired) electrons. The number of carbonyl (C=O) groups excluding carboxylic acids is 1. The van der Waals surface area contributed by atoms with Crippen LogP contribution in [0.25, 0.3) is 26.5 Å². The van der Waals surface area contributed by atoms with Gasteiger partial charge in [-0.3, -0.25) is 10.1 Å². The van der Waals surface area contributed by atoms with Gasteiger partial charge in [-0.1, -0.05) is 41.1 Å². The second-order valence-corrected chi connectivity index (χ2v) is 7.97. The predicted molar refractivity (Wildman–Crippen MR) is 107 cm³/mol. The molecule has 0 aliphatic rings. The first-order chi connectivity index (χ1) is 12.1. The maximum atomic E-state index is 12.2. The average Bonchev–Trinajstić information content (AvgIpc) is 3.15. The van der Waals surface area contributed by atoms with Crippen LogP contribution in [0.5, 0.6) is 0 Å². The summed E-state index contributed by atoms with van der Waals surface area (Å²) in [5, 5.41) is 5.01. The summed E-state index contributed by atoms with van der Waals surface area (Å²) in [5.41, 5.74) is 2.63. The van der Waals surface area contributed by atoms with Crippen molar-refractivity contribution in [3.05, 3.63) is 58.1 Å². The van der Waals surface area contributed by atoms with E-state index in [1.165, 1.54) is 17.4 Å². The Morgan fingerprint density at radius 2 is 1.80 bits per heavy atom. The minimum Gasteiger partial charge on any atom is -0.298 e. The predicted octanol–water partition coefficient (Wildman–Crippen LogP) is 5.52. The molecule has 4 rings (SSSR count). The van der Waals surface area contributed by atoms with Crippen LogP contribution in [0.4, 0.5) is 5.13 Å². The van der Waals surface area contributed by atoms with Gasteiger partial charge in [0.15, 0.2) is 5.13 Å². The number of fused-ring (bicyclic) bond motifs is 3. The van der Waals surface area contributed by atoms with Crippen molar-refractivity contribution in [3.63, 3.8) is 0 Å². The first-order valence-electron chi connectivity index (χ1n) is 7.50. The van der Waals surface area contributed by atoms with Gasteiger partial charge in [0.2, 0.25) is 5.91 Å². The van der Waals surface area contributed by atoms with Crippen molar-refractivity contribution in [1.82, 2.24) is 9.97 Å². The molecule has 2 aromatic carbocycles. The van der Waals surface area contributed by atoms with Crippen LogP contribution in [-0.2, 0) is 4.79 Å². The lowest BCUT2D eigenvalue weighted by Gasteiger charge is -1.97. The zero-order valence-corrected chi connectivity index (χ0v) is 15.5. The summed E-state index contributed by atoms with van der Waals surface area (Å²) in [6.45, 7) is 1.99. The van der Waals surface area contributed by atoms with E-state index < -0.39 is 0 Å². The lowest BCUT2D eigenvalue weighted by molar-refractivity contribution is -0.111. The van der Waals surface area contributed by atoms with E-state index in [2.05, 4.69) is 15.3 Å². The van der Waals surface area contributed by atoms with Gasteiger partial charge in [0.1, 0.15) is 0 Å². The number of nitrogens with zero attached hydrogens (tertiary/aromatic N) is 2. The SMILES string of the molecule is Cc1nc2ccc3nc(NC(=O)C=Cc4ccccc4Cl)sc3c2s1. The molecule has 0 saturated heterocycles. The van der Waals surface area contributed by atoms with Gasteiger partial charge >= 0.3 is 0 Å². The monoisotopic (exact) mass is 385 g/mol. The third kappa shape index (κ3) is 3.28. The number of anilines is 1. The van der Waals surface area contributed by atoms with Crippen LogP contribution < -0.4 is 5.32 Å². The lowest BCUT2D eigenvalue weighted by atomic mass is 10.2. The summed E-state index contributed by atoms with van der Waals surface area (Å²) in [6.07, 6.45) is 3.15. The molecular formula is C18H12ClN3OS2. The van der Waals surface area contributed by atoms with Gasteiger partial charge in [0, 0.05) is 11.1 Å². The molecule has 4 aromatic rings. The van der Waals surface area contributed by atoms with E-state index in [1.807, 2.05) is 37.3 Å². The number of hydrogen-bond donors (Lipinski definition) is 1. The summed E-state index contributed by atoms with van der Waals surface area (Å²) in [7, 11) is 0. The van der Waals surface area contributed by atoms with Crippen molar-refractivity contribution < 1.29 is 4.79 Å². The number of carbonyl (C=O) groups is 1. The van der Waals surface area contributed by atoms with E-state index in [0.717, 1.165) is 31.0 Å². The average molecular weight is 386 g/mol. The van der Waals surface area contributed by atoms with Gasteiger partial charge in [-0.25, -0.2) is 9.97 Å². The smallest absolute Gasteiger partial charge is 0.250 e. The molecule has 7 heteroatoms. The third-order valence-corrected chi connectivity index (χ3v) is 6.05. The highest BCUT2D eigenvalue weighted by molar-refractivity contribution is 7.28. The first kappa shape index (κ1) is 16.2. The molecule has 124 valence electrons. The Morgan fingerprint density at radius 1 is 1.08 bits per heavy atom. The molecule has 1 amide bonds. The molecular weight excluding hydrogens is 374 g/mol. The summed E-state index contributed by atoms with van der Waals surface area (Å²) >= 11 is 9.18. The highest BCUT2D eigenvalue weighted by atomic mass is 35.5. The van der Waals surface area contributed by atoms with Crippen LogP contribution in [0, 0.1) is 6.92 Å². The Balaban J connectivity index is 1.59. The summed E-state index contributed by atoms with van der Waals surface area (Å²) in [5.74, 6) is -0.240. The topological polar surface area (TPSA) is 54.9 Å². The normalized spacial score (nSPS) is 11.6. The number of rotatable bonds is 3. The molecule has 25 heavy (non-hydrogen) atoms. The maximum absolute atomic E-state index is 12.2. The molecule has 0 aliphatic heterocycles. The number of thiazole rings is 2. The van der Waals surface area contributed by atoms with Crippen LogP contribution >= 0.6 is 34.3 Å². The molecule has 0 unspecified atom stereocenters. The van der Waals surface area contributed by atoms with Gasteiger partial charge in [-0.15, -0.1) is 11.3 Å². The van der Waals surface area contributed by atoms with Crippen LogP contribution in [0.2, 0.25) is 5.02 Å². The number of benzene rings is 2. The van der Waals surface area contributed by atoms with Crippen LogP contribution in [0.3, 0.4) is 0 Å². The highest BCUT2D eigenvalue weighted by Crippen LogP contribution is 2.35. The van der Waals surface area contributed by atoms with E-state index in [9.17, 15) is 4.79 Å². The zero-order valence-electron chi connectivity index (χ0n) is 13.1. The number of hydrogen-bond acceptors (Lipinski definition) is 5. The fourth-order valence-electron chi connectivity index (χ4n) is 2.46. The fourth-order valence-corrected chi connectivity index (χ4v) is 4.67. The minimum absolute atomic E-state index is 0.240. The largest absolute Gasteiger partial charge is 0.298 e. The first-order valence-corrected chi connectivity index (χ1v) is 9.51. The quantitative estimate of drug-likeness (QED) is 0.472. The standard InChI is InChI=1S/C18H12ClN3OS2/c1-10-20-13-7-8-14-17(16(13)24-10)25-18(21-14)22-15(23)9-6-11-4-2-3-5-12(11)19/h2-9H,1H3,(H,21,22,23). The molecule has 0 spiro atoms. The Bertz CT molecular complexity index is 1130. The molecule has 0 aliphatic carbocycles. The molecule has 2 aromatic heterocycles. The van der Waals surface area contributed by atoms with Crippen LogP contribution in [0.15, 0.2) is 42.5 Å². The number of halogens is 1. The molecule has 0 bridgehead atoms. The van der Waals surface area contributed by atoms with Gasteiger partial charge < -0.3 is 0 Å². The Morgan fingerprint density at radius 3 is 2.60 bits per heavy atom. The van der Waals surface area contributed by atoms with E-state index in [0.29, 0.717) is 10.2 Å². The van der Waals surface area contributed by atoms with Crippen molar-refractivity contribution in [2.75, 3.05) is 5.32 Å². The number of aromatic nitrogens is 2. The Hall–Kier alpha value is -2.28. The molecule has 1 N–H and O–H groups in total. The number of nitrogens with one attached hydrogen (secondary N) is 1. The van der Waals surface area contributed by atoms with Crippen molar-refractivity contribution in [1.29, 1.82) is 0 Å². The van der Waals surface area contributed by atoms with Gasteiger partial charge in [0.25, 0.3) is 0 Å². The molecule has 4 nitrogen and oxygen atoms in total. The van der Waals surface area contributed by atoms with Crippen molar-refractivity contribution in [2.45, 2.75) is 6.92 Å². The Kier molecular flexibility index (Phi) is 4.25. The second-order valence-electron chi connectivity index (χ2n) is 5.36. The van der Waals surface area contributed by atoms with Gasteiger partial charge in [-0.2, -0.15) is 0 Å². The minimum atomic E-state index is -0.240. The highest BCUT2D eigenvalue weighted by Gasteiger charge is 2.11. The van der Waals surface area contributed by atoms with E-state index >= 15 is 0 Å². The fraction of sp³-hybridized carbons (Fsp3) is 0.0556. The number of aryl methyl sites for hydroxylation is 1. The van der Waals surface area contributed by atoms with Crippen LogP contribution in [0.1, 0.15) is 10.6 Å². The third-order valence-electron chi connectivity index (χ3n) is 3.57. The van der Waals surface area contributed by atoms with Crippen molar-refractivity contribution in [2.24, 2.45) is 0 Å². The molecule has 0 atom stereocenters. The van der Waals surface area contributed by atoms with Crippen molar-refractivity contribution >= 4 is 71.8 Å². The second kappa shape index (κ2) is 6.55. The van der Waals surface area contributed by atoms with E-state index in [4.69, 9.17) is 11.6 Å².